The van der Waals surface area contributed by atoms with Crippen molar-refractivity contribution in [2.75, 3.05) is 13.1 Å². The molecular formula is C18H22N4O2. The number of amides is 1. The summed E-state index contributed by atoms with van der Waals surface area (Å²) >= 11 is 0. The summed E-state index contributed by atoms with van der Waals surface area (Å²) in [7, 11) is 0. The zero-order chi connectivity index (χ0) is 16.5. The number of hydrogen-bond donors (Lipinski definition) is 0. The maximum atomic E-state index is 12.5. The molecule has 0 N–H and O–H groups in total. The number of likely N-dealkylation sites (tertiary alicyclic amines) is 1. The number of carbonyl (C=O) groups excluding carboxylic acids is 1. The third-order valence-corrected chi connectivity index (χ3v) is 5.24. The van der Waals surface area contributed by atoms with Crippen LogP contribution in [-0.2, 0) is 11.3 Å². The van der Waals surface area contributed by atoms with Gasteiger partial charge >= 0.3 is 0 Å². The highest BCUT2D eigenvalue weighted by Gasteiger charge is 2.45. The first-order chi connectivity index (χ1) is 11.7. The molecule has 6 heteroatoms. The van der Waals surface area contributed by atoms with Gasteiger partial charge in [-0.05, 0) is 43.9 Å². The minimum Gasteiger partial charge on any atom is -0.488 e. The van der Waals surface area contributed by atoms with Crippen LogP contribution < -0.4 is 4.74 Å². The second kappa shape index (κ2) is 6.26. The van der Waals surface area contributed by atoms with Crippen molar-refractivity contribution in [2.24, 2.45) is 11.8 Å². The average Bonchev–Trinajstić information content (AvgIpc) is 3.28. The highest BCUT2D eigenvalue weighted by Crippen LogP contribution is 2.40. The molecule has 4 rings (SSSR count). The molecule has 1 saturated heterocycles. The molecule has 0 bridgehead atoms. The predicted molar refractivity (Wildman–Crippen MR) is 88.4 cm³/mol. The summed E-state index contributed by atoms with van der Waals surface area (Å²) in [5.41, 5.74) is 0.922. The predicted octanol–water partition coefficient (Wildman–Crippen LogP) is 1.90. The Hall–Kier alpha value is -2.37. The van der Waals surface area contributed by atoms with Crippen LogP contribution in [0.5, 0.6) is 5.75 Å². The molecule has 0 unspecified atom stereocenters. The third-order valence-electron chi connectivity index (χ3n) is 5.24. The van der Waals surface area contributed by atoms with Crippen LogP contribution in [0.4, 0.5) is 0 Å². The van der Waals surface area contributed by atoms with E-state index in [9.17, 15) is 4.79 Å². The number of rotatable bonds is 4. The van der Waals surface area contributed by atoms with E-state index in [1.165, 1.54) is 0 Å². The van der Waals surface area contributed by atoms with E-state index < -0.39 is 0 Å². The summed E-state index contributed by atoms with van der Waals surface area (Å²) in [5.74, 6) is 1.98. The number of ether oxygens (including phenoxy) is 1. The highest BCUT2D eigenvalue weighted by atomic mass is 16.5. The van der Waals surface area contributed by atoms with Gasteiger partial charge < -0.3 is 9.64 Å². The lowest BCUT2D eigenvalue weighted by Gasteiger charge is -2.22. The molecule has 3 atom stereocenters. The Bertz CT molecular complexity index is 716. The fourth-order valence-corrected chi connectivity index (χ4v) is 3.96. The van der Waals surface area contributed by atoms with Crippen LogP contribution in [0.25, 0.3) is 0 Å². The lowest BCUT2D eigenvalue weighted by molar-refractivity contribution is -0.131. The van der Waals surface area contributed by atoms with Crippen molar-refractivity contribution in [2.45, 2.75) is 32.4 Å². The summed E-state index contributed by atoms with van der Waals surface area (Å²) in [6.07, 6.45) is 7.67. The standard InChI is InChI=1S/C18H22N4O2/c1-13-16(4-2-7-19-13)24-17-6-5-14-10-21(11-15(14)17)18(23)12-22-9-3-8-20-22/h2-4,7-9,14-15,17H,5-6,10-12H2,1H3/t14-,15+,17-/m1/s1. The van der Waals surface area contributed by atoms with Crippen LogP contribution >= 0.6 is 0 Å². The van der Waals surface area contributed by atoms with Crippen molar-refractivity contribution in [1.29, 1.82) is 0 Å². The Morgan fingerprint density at radius 2 is 2.21 bits per heavy atom. The number of carbonyl (C=O) groups is 1. The van der Waals surface area contributed by atoms with E-state index in [4.69, 9.17) is 4.74 Å². The van der Waals surface area contributed by atoms with Crippen LogP contribution in [0.3, 0.4) is 0 Å². The molecule has 6 nitrogen and oxygen atoms in total. The van der Waals surface area contributed by atoms with E-state index in [-0.39, 0.29) is 12.0 Å². The maximum absolute atomic E-state index is 12.5. The zero-order valence-electron chi connectivity index (χ0n) is 13.8. The maximum Gasteiger partial charge on any atom is 0.244 e. The van der Waals surface area contributed by atoms with Crippen LogP contribution in [0.2, 0.25) is 0 Å². The van der Waals surface area contributed by atoms with Gasteiger partial charge in [-0.15, -0.1) is 0 Å². The Kier molecular flexibility index (Phi) is 3.96. The smallest absolute Gasteiger partial charge is 0.244 e. The molecular weight excluding hydrogens is 304 g/mol. The topological polar surface area (TPSA) is 60.2 Å². The number of aryl methyl sites for hydroxylation is 1. The van der Waals surface area contributed by atoms with Gasteiger partial charge in [0.2, 0.25) is 5.91 Å². The number of hydrogen-bond acceptors (Lipinski definition) is 4. The first-order valence-electron chi connectivity index (χ1n) is 8.54. The normalized spacial score (nSPS) is 25.7. The molecule has 1 amide bonds. The van der Waals surface area contributed by atoms with Crippen molar-refractivity contribution in [3.63, 3.8) is 0 Å². The molecule has 0 aromatic carbocycles. The van der Waals surface area contributed by atoms with Gasteiger partial charge in [-0.25, -0.2) is 0 Å². The second-order valence-electron chi connectivity index (χ2n) is 6.75. The third kappa shape index (κ3) is 2.88. The molecule has 2 aromatic heterocycles. The molecule has 2 aliphatic rings. The fraction of sp³-hybridized carbons (Fsp3) is 0.500. The van der Waals surface area contributed by atoms with Gasteiger partial charge in [0, 0.05) is 37.6 Å². The number of nitrogens with zero attached hydrogens (tertiary/aromatic N) is 4. The van der Waals surface area contributed by atoms with Crippen molar-refractivity contribution in [1.82, 2.24) is 19.7 Å². The van der Waals surface area contributed by atoms with E-state index in [2.05, 4.69) is 10.1 Å². The van der Waals surface area contributed by atoms with Crippen LogP contribution in [0, 0.1) is 18.8 Å². The SMILES string of the molecule is Cc1ncccc1O[C@@H]1CC[C@@H]2CN(C(=O)Cn3cccn3)C[C@@H]21. The summed E-state index contributed by atoms with van der Waals surface area (Å²) in [5, 5.41) is 4.12. The molecule has 1 saturated carbocycles. The fourth-order valence-electron chi connectivity index (χ4n) is 3.96. The number of pyridine rings is 1. The minimum absolute atomic E-state index is 0.143. The van der Waals surface area contributed by atoms with Crippen molar-refractivity contribution in [3.05, 3.63) is 42.5 Å². The number of aromatic nitrogens is 3. The summed E-state index contributed by atoms with van der Waals surface area (Å²) in [6.45, 7) is 3.92. The highest BCUT2D eigenvalue weighted by molar-refractivity contribution is 5.76. The summed E-state index contributed by atoms with van der Waals surface area (Å²) in [4.78, 5) is 18.7. The zero-order valence-corrected chi connectivity index (χ0v) is 13.8. The molecule has 0 spiro atoms. The molecule has 126 valence electrons. The van der Waals surface area contributed by atoms with E-state index in [0.717, 1.165) is 37.4 Å². The molecule has 2 aromatic rings. The van der Waals surface area contributed by atoms with E-state index in [1.807, 2.05) is 36.2 Å². The Morgan fingerprint density at radius 1 is 1.29 bits per heavy atom. The van der Waals surface area contributed by atoms with Gasteiger partial charge in [0.1, 0.15) is 18.4 Å². The molecule has 3 heterocycles. The minimum atomic E-state index is 0.143. The monoisotopic (exact) mass is 326 g/mol. The quantitative estimate of drug-likeness (QED) is 0.861. The Balaban J connectivity index is 1.40. The lowest BCUT2D eigenvalue weighted by Crippen LogP contribution is -2.34. The first kappa shape index (κ1) is 15.2. The van der Waals surface area contributed by atoms with Crippen molar-refractivity contribution in [3.8, 4) is 5.75 Å². The Morgan fingerprint density at radius 3 is 3.00 bits per heavy atom. The van der Waals surface area contributed by atoms with Crippen molar-refractivity contribution >= 4 is 5.91 Å². The van der Waals surface area contributed by atoms with Gasteiger partial charge in [0.25, 0.3) is 0 Å². The van der Waals surface area contributed by atoms with Crippen LogP contribution in [-0.4, -0.2) is 44.8 Å². The van der Waals surface area contributed by atoms with Crippen molar-refractivity contribution < 1.29 is 9.53 Å². The number of fused-ring (bicyclic) bond motifs is 1. The summed E-state index contributed by atoms with van der Waals surface area (Å²) < 4.78 is 7.92. The van der Waals surface area contributed by atoms with Gasteiger partial charge in [0.15, 0.2) is 0 Å². The van der Waals surface area contributed by atoms with Gasteiger partial charge in [-0.3, -0.25) is 14.5 Å². The molecule has 1 aliphatic heterocycles. The van der Waals surface area contributed by atoms with Gasteiger partial charge in [-0.1, -0.05) is 0 Å². The van der Waals surface area contributed by atoms with Crippen LogP contribution in [0.15, 0.2) is 36.8 Å². The molecule has 0 radical (unpaired) electrons. The molecule has 2 fully saturated rings. The lowest BCUT2D eigenvalue weighted by atomic mass is 9.99. The van der Waals surface area contributed by atoms with E-state index in [1.54, 1.807) is 17.1 Å². The van der Waals surface area contributed by atoms with E-state index >= 15 is 0 Å². The molecule has 1 aliphatic carbocycles. The largest absolute Gasteiger partial charge is 0.488 e. The van der Waals surface area contributed by atoms with Crippen LogP contribution in [0.1, 0.15) is 18.5 Å². The van der Waals surface area contributed by atoms with Gasteiger partial charge in [-0.2, -0.15) is 5.10 Å². The average molecular weight is 326 g/mol. The Labute approximate surface area is 141 Å². The second-order valence-corrected chi connectivity index (χ2v) is 6.75. The van der Waals surface area contributed by atoms with Gasteiger partial charge in [0.05, 0.1) is 5.69 Å². The van der Waals surface area contributed by atoms with E-state index in [0.29, 0.717) is 18.4 Å². The molecule has 24 heavy (non-hydrogen) atoms. The summed E-state index contributed by atoms with van der Waals surface area (Å²) in [6, 6.07) is 5.72. The first-order valence-corrected chi connectivity index (χ1v) is 8.54.